The normalized spacial score (nSPS) is 27.5. The first-order chi connectivity index (χ1) is 40.9. The largest absolute Gasteiger partial charge is 0.465 e. The highest BCUT2D eigenvalue weighted by molar-refractivity contribution is 8.01. The first-order valence-corrected chi connectivity index (χ1v) is 31.0. The minimum Gasteiger partial charge on any atom is -0.465 e. The summed E-state index contributed by atoms with van der Waals surface area (Å²) in [5, 5.41) is 7.09. The van der Waals surface area contributed by atoms with Gasteiger partial charge in [0, 0.05) is 119 Å². The summed E-state index contributed by atoms with van der Waals surface area (Å²) in [6, 6.07) is 0. The Bertz CT molecular complexity index is 2090. The fraction of sp³-hybridized carbons (Fsp3) is 0.786. The standard InChI is InChI=1S/C56H84O28S3/c1-29(58)73-22-44-50(79-35(7)64)53(82-38(10)67)47(76-32(4)61)41(85-44)16-13-19-70-26-56(25-57,27-71-20-14-17-42-48(77-33(5)62)54(83-39(11)68)51(80-36(8)65)45(86-42)23-74-30(2)59)28-72-21-15-18-43-49(78-34(6)63)55(84-40(12)69)52(81-37(9)66)46(87-43)24-75-31(3)60/h41-55,57H,13-28H2,1-12H3/t41-,42-,43+,44-,45-,46-,47-,48-,49+,50-,51-,52-,53-,54-,55-/m1/s1. The van der Waals surface area contributed by atoms with Crippen molar-refractivity contribution in [3.8, 4) is 0 Å². The monoisotopic (exact) mass is 1300 g/mol. The Balaban J connectivity index is 1.91. The molecule has 0 aromatic heterocycles. The Kier molecular flexibility index (Phi) is 33.2. The van der Waals surface area contributed by atoms with Gasteiger partial charge in [0.1, 0.15) is 19.8 Å². The Hall–Kier alpha value is -5.47. The molecule has 0 amide bonds. The van der Waals surface area contributed by atoms with Gasteiger partial charge in [0.2, 0.25) is 0 Å². The van der Waals surface area contributed by atoms with Crippen LogP contribution < -0.4 is 0 Å². The van der Waals surface area contributed by atoms with Gasteiger partial charge in [-0.05, 0) is 38.5 Å². The molecule has 0 spiro atoms. The number of hydrogen-bond acceptors (Lipinski definition) is 31. The van der Waals surface area contributed by atoms with Crippen LogP contribution in [0.5, 0.6) is 0 Å². The van der Waals surface area contributed by atoms with Crippen molar-refractivity contribution >= 4 is 107 Å². The highest BCUT2D eigenvalue weighted by Crippen LogP contribution is 2.43. The minimum absolute atomic E-state index is 0.0391. The zero-order valence-corrected chi connectivity index (χ0v) is 53.6. The van der Waals surface area contributed by atoms with Crippen molar-refractivity contribution in [2.24, 2.45) is 5.41 Å². The van der Waals surface area contributed by atoms with Gasteiger partial charge in [-0.15, -0.1) is 35.3 Å². The Morgan fingerprint density at radius 3 is 0.678 bits per heavy atom. The molecule has 0 aromatic rings. The number of aliphatic hydroxyl groups is 1. The predicted octanol–water partition coefficient (Wildman–Crippen LogP) is 2.88. The molecule has 3 saturated heterocycles. The highest BCUT2D eigenvalue weighted by atomic mass is 32.2. The van der Waals surface area contributed by atoms with Gasteiger partial charge in [-0.2, -0.15) is 0 Å². The molecule has 0 aromatic carbocycles. The van der Waals surface area contributed by atoms with Gasteiger partial charge in [0.05, 0.1) is 47.6 Å². The Morgan fingerprint density at radius 2 is 0.494 bits per heavy atom. The molecular weight excluding hydrogens is 1220 g/mol. The van der Waals surface area contributed by atoms with E-state index in [1.165, 1.54) is 76.8 Å². The second kappa shape index (κ2) is 38.2. The van der Waals surface area contributed by atoms with E-state index >= 15 is 0 Å². The van der Waals surface area contributed by atoms with Gasteiger partial charge in [0.15, 0.2) is 54.9 Å². The van der Waals surface area contributed by atoms with E-state index in [0.29, 0.717) is 0 Å². The number of thioether (sulfide) groups is 3. The molecule has 15 atom stereocenters. The highest BCUT2D eigenvalue weighted by Gasteiger charge is 2.54. The Labute approximate surface area is 518 Å². The lowest BCUT2D eigenvalue weighted by Gasteiger charge is -2.44. The zero-order chi connectivity index (χ0) is 65.1. The smallest absolute Gasteiger partial charge is 0.303 e. The van der Waals surface area contributed by atoms with E-state index in [4.69, 9.17) is 71.1 Å². The van der Waals surface area contributed by atoms with Crippen molar-refractivity contribution in [3.05, 3.63) is 0 Å². The van der Waals surface area contributed by atoms with Gasteiger partial charge < -0.3 is 76.2 Å². The average Bonchev–Trinajstić information content (AvgIpc) is 0.985. The SMILES string of the molecule is CC(=O)OC[C@H]1S[C@H](CCCOCC(CO)(COCCC[C@@H]2S[C@H](COC(C)=O)[C@@H](OC(C)=O)[C@H](OC(C)=O)[C@H]2OC(C)=O)COCCC[C@H]2S[C@H](COC(C)=O)[C@@H](OC(C)=O)[C@H](OC(C)=O)[C@@H]2OC(C)=O)[C@@H](OC(C)=O)[C@@H](OC(C)=O)[C@@H]1OC(C)=O. The number of esters is 12. The Morgan fingerprint density at radius 1 is 0.299 bits per heavy atom. The lowest BCUT2D eigenvalue weighted by Crippen LogP contribution is -2.58. The van der Waals surface area contributed by atoms with Crippen LogP contribution in [0.3, 0.4) is 0 Å². The van der Waals surface area contributed by atoms with Crippen LogP contribution in [0.1, 0.15) is 122 Å². The minimum atomic E-state index is -1.28. The van der Waals surface area contributed by atoms with Crippen molar-refractivity contribution in [1.29, 1.82) is 0 Å². The molecule has 0 aliphatic carbocycles. The van der Waals surface area contributed by atoms with Crippen LogP contribution in [-0.4, -0.2) is 229 Å². The first-order valence-electron chi connectivity index (χ1n) is 28.2. The van der Waals surface area contributed by atoms with Gasteiger partial charge >= 0.3 is 71.6 Å². The first kappa shape index (κ1) is 75.8. The van der Waals surface area contributed by atoms with Gasteiger partial charge in [0.25, 0.3) is 0 Å². The molecule has 3 aliphatic heterocycles. The van der Waals surface area contributed by atoms with E-state index in [0.717, 1.165) is 41.5 Å². The molecule has 0 unspecified atom stereocenters. The van der Waals surface area contributed by atoms with Gasteiger partial charge in [-0.25, -0.2) is 0 Å². The van der Waals surface area contributed by atoms with Crippen LogP contribution in [0.4, 0.5) is 0 Å². The molecule has 3 rings (SSSR count). The summed E-state index contributed by atoms with van der Waals surface area (Å²) >= 11 is 3.64. The van der Waals surface area contributed by atoms with Crippen molar-refractivity contribution in [1.82, 2.24) is 0 Å². The third kappa shape index (κ3) is 27.0. The lowest BCUT2D eigenvalue weighted by atomic mass is 9.92. The maximum absolute atomic E-state index is 12.5. The number of ether oxygens (including phenoxy) is 15. The average molecular weight is 1300 g/mol. The molecule has 494 valence electrons. The third-order valence-electron chi connectivity index (χ3n) is 13.2. The van der Waals surface area contributed by atoms with Crippen molar-refractivity contribution in [2.75, 3.05) is 66.1 Å². The number of rotatable bonds is 34. The fourth-order valence-electron chi connectivity index (χ4n) is 9.94. The number of carbonyl (C=O) groups excluding carboxylic acids is 12. The van der Waals surface area contributed by atoms with E-state index in [1.807, 2.05) is 0 Å². The van der Waals surface area contributed by atoms with Crippen molar-refractivity contribution in [3.63, 3.8) is 0 Å². The van der Waals surface area contributed by atoms with Crippen LogP contribution in [-0.2, 0) is 129 Å². The topological polar surface area (TPSA) is 364 Å². The molecule has 28 nitrogen and oxygen atoms in total. The molecule has 31 heteroatoms. The molecule has 1 N–H and O–H groups in total. The molecule has 0 saturated carbocycles. The number of carbonyl (C=O) groups is 12. The summed E-state index contributed by atoms with van der Waals surface area (Å²) in [6.45, 7) is 12.4. The second-order valence-corrected chi connectivity index (χ2v) is 25.4. The molecule has 3 aliphatic rings. The zero-order valence-electron chi connectivity index (χ0n) is 51.2. The lowest BCUT2D eigenvalue weighted by molar-refractivity contribution is -0.186. The summed E-state index contributed by atoms with van der Waals surface area (Å²) in [4.78, 5) is 148. The molecule has 3 heterocycles. The summed E-state index contributed by atoms with van der Waals surface area (Å²) in [6.07, 6.45) is -9.09. The summed E-state index contributed by atoms with van der Waals surface area (Å²) in [5.41, 5.74) is -1.26. The summed E-state index contributed by atoms with van der Waals surface area (Å²) in [5.74, 6) is -8.40. The van der Waals surface area contributed by atoms with Crippen LogP contribution in [0.15, 0.2) is 0 Å². The molecular formula is C56H84O28S3. The predicted molar refractivity (Wildman–Crippen MR) is 305 cm³/mol. The van der Waals surface area contributed by atoms with Crippen molar-refractivity contribution in [2.45, 2.75) is 208 Å². The van der Waals surface area contributed by atoms with Crippen LogP contribution >= 0.6 is 35.3 Å². The molecule has 0 bridgehead atoms. The summed E-state index contributed by atoms with van der Waals surface area (Å²) in [7, 11) is 0. The van der Waals surface area contributed by atoms with E-state index in [-0.39, 0.29) is 98.0 Å². The van der Waals surface area contributed by atoms with Gasteiger partial charge in [-0.1, -0.05) is 0 Å². The van der Waals surface area contributed by atoms with Gasteiger partial charge in [-0.3, -0.25) is 57.5 Å². The second-order valence-electron chi connectivity index (χ2n) is 21.0. The van der Waals surface area contributed by atoms with Crippen LogP contribution in [0, 0.1) is 5.41 Å². The fourth-order valence-corrected chi connectivity index (χ4v) is 14.8. The summed E-state index contributed by atoms with van der Waals surface area (Å²) < 4.78 is 85.4. The maximum Gasteiger partial charge on any atom is 0.303 e. The van der Waals surface area contributed by atoms with E-state index in [1.54, 1.807) is 0 Å². The third-order valence-corrected chi connectivity index (χ3v) is 18.0. The quantitative estimate of drug-likeness (QED) is 0.0550. The molecule has 3 fully saturated rings. The molecule has 87 heavy (non-hydrogen) atoms. The van der Waals surface area contributed by atoms with E-state index < -0.39 is 170 Å². The van der Waals surface area contributed by atoms with Crippen LogP contribution in [0.2, 0.25) is 0 Å². The number of hydrogen-bond donors (Lipinski definition) is 1. The molecule has 0 radical (unpaired) electrons. The van der Waals surface area contributed by atoms with Crippen molar-refractivity contribution < 1.29 is 134 Å². The van der Waals surface area contributed by atoms with E-state index in [2.05, 4.69) is 0 Å². The maximum atomic E-state index is 12.5. The van der Waals surface area contributed by atoms with E-state index in [9.17, 15) is 62.6 Å². The number of aliphatic hydroxyl groups excluding tert-OH is 1. The van der Waals surface area contributed by atoms with Crippen LogP contribution in [0.25, 0.3) is 0 Å².